The molecule has 0 aliphatic carbocycles. The van der Waals surface area contributed by atoms with Gasteiger partial charge >= 0.3 is 6.03 Å². The molecule has 0 unspecified atom stereocenters. The first-order chi connectivity index (χ1) is 10.3. The number of hydrogen-bond acceptors (Lipinski definition) is 4. The van der Waals surface area contributed by atoms with Crippen LogP contribution in [0.1, 0.15) is 12.0 Å². The van der Waals surface area contributed by atoms with E-state index in [0.717, 1.165) is 36.6 Å². The number of methoxy groups -OCH3 is 2. The maximum Gasteiger partial charge on any atom is 0.317 e. The lowest BCUT2D eigenvalue weighted by Gasteiger charge is -2.21. The standard InChI is InChI=1S/C15H22N2O3S/c1-19-13-6-3-5-12(14(13)20-2)11-16-15(18)17-7-4-9-21-10-8-17/h3,5-6H,4,7-11H2,1-2H3,(H,16,18). The van der Waals surface area contributed by atoms with Gasteiger partial charge < -0.3 is 19.7 Å². The summed E-state index contributed by atoms with van der Waals surface area (Å²) in [6, 6.07) is 5.66. The number of nitrogens with one attached hydrogen (secondary N) is 1. The second-order valence-electron chi connectivity index (χ2n) is 4.76. The van der Waals surface area contributed by atoms with Crippen molar-refractivity contribution in [1.82, 2.24) is 10.2 Å². The molecule has 1 fully saturated rings. The number of thioether (sulfide) groups is 1. The average molecular weight is 310 g/mol. The molecule has 0 aromatic heterocycles. The van der Waals surface area contributed by atoms with Gasteiger partial charge in [-0.25, -0.2) is 4.79 Å². The van der Waals surface area contributed by atoms with E-state index in [2.05, 4.69) is 5.32 Å². The van der Waals surface area contributed by atoms with Crippen LogP contribution in [0.25, 0.3) is 0 Å². The van der Waals surface area contributed by atoms with Crippen LogP contribution in [0.15, 0.2) is 18.2 Å². The van der Waals surface area contributed by atoms with E-state index in [1.165, 1.54) is 0 Å². The van der Waals surface area contributed by atoms with Crippen LogP contribution < -0.4 is 14.8 Å². The summed E-state index contributed by atoms with van der Waals surface area (Å²) in [6.07, 6.45) is 1.06. The fraction of sp³-hybridized carbons (Fsp3) is 0.533. The number of urea groups is 1. The van der Waals surface area contributed by atoms with E-state index in [0.29, 0.717) is 18.0 Å². The fourth-order valence-electron chi connectivity index (χ4n) is 2.32. The molecule has 2 amide bonds. The van der Waals surface area contributed by atoms with Gasteiger partial charge in [-0.15, -0.1) is 0 Å². The Morgan fingerprint density at radius 1 is 1.29 bits per heavy atom. The third-order valence-electron chi connectivity index (χ3n) is 3.42. The Bertz CT molecular complexity index is 474. The summed E-state index contributed by atoms with van der Waals surface area (Å²) in [5.41, 5.74) is 0.911. The largest absolute Gasteiger partial charge is 0.493 e. The van der Waals surface area contributed by atoms with Crippen molar-refractivity contribution in [3.63, 3.8) is 0 Å². The van der Waals surface area contributed by atoms with Crippen molar-refractivity contribution in [3.05, 3.63) is 23.8 Å². The summed E-state index contributed by atoms with van der Waals surface area (Å²) in [5.74, 6) is 3.49. The van der Waals surface area contributed by atoms with Crippen LogP contribution in [0.3, 0.4) is 0 Å². The maximum absolute atomic E-state index is 12.2. The van der Waals surface area contributed by atoms with Crippen molar-refractivity contribution in [1.29, 1.82) is 0 Å². The first-order valence-electron chi connectivity index (χ1n) is 7.06. The number of carbonyl (C=O) groups excluding carboxylic acids is 1. The predicted octanol–water partition coefficient (Wildman–Crippen LogP) is 2.35. The highest BCUT2D eigenvalue weighted by Crippen LogP contribution is 2.30. The monoisotopic (exact) mass is 310 g/mol. The van der Waals surface area contributed by atoms with Gasteiger partial charge in [-0.05, 0) is 18.2 Å². The number of carbonyl (C=O) groups is 1. The van der Waals surface area contributed by atoms with Crippen LogP contribution in [-0.4, -0.2) is 49.7 Å². The molecule has 1 aliphatic rings. The average Bonchev–Trinajstić information content (AvgIpc) is 2.81. The molecule has 5 nitrogen and oxygen atoms in total. The van der Waals surface area contributed by atoms with Crippen LogP contribution in [0.2, 0.25) is 0 Å². The molecule has 6 heteroatoms. The minimum Gasteiger partial charge on any atom is -0.493 e. The number of ether oxygens (including phenoxy) is 2. The van der Waals surface area contributed by atoms with Crippen molar-refractivity contribution < 1.29 is 14.3 Å². The number of para-hydroxylation sites is 1. The minimum absolute atomic E-state index is 0.0117. The Morgan fingerprint density at radius 2 is 2.14 bits per heavy atom. The Kier molecular flexibility index (Phi) is 6.04. The molecule has 1 aliphatic heterocycles. The molecule has 2 rings (SSSR count). The second-order valence-corrected chi connectivity index (χ2v) is 5.99. The van der Waals surface area contributed by atoms with Crippen molar-refractivity contribution in [2.45, 2.75) is 13.0 Å². The summed E-state index contributed by atoms with van der Waals surface area (Å²) in [5, 5.41) is 2.96. The molecular formula is C15H22N2O3S. The molecular weight excluding hydrogens is 288 g/mol. The maximum atomic E-state index is 12.2. The molecule has 0 atom stereocenters. The van der Waals surface area contributed by atoms with E-state index in [9.17, 15) is 4.79 Å². The molecule has 1 heterocycles. The zero-order valence-electron chi connectivity index (χ0n) is 12.6. The Hall–Kier alpha value is -1.56. The van der Waals surface area contributed by atoms with Gasteiger partial charge in [0.1, 0.15) is 0 Å². The van der Waals surface area contributed by atoms with E-state index < -0.39 is 0 Å². The van der Waals surface area contributed by atoms with Crippen LogP contribution in [0.5, 0.6) is 11.5 Å². The quantitative estimate of drug-likeness (QED) is 0.927. The third-order valence-corrected chi connectivity index (χ3v) is 4.47. The van der Waals surface area contributed by atoms with Crippen LogP contribution in [0.4, 0.5) is 4.79 Å². The van der Waals surface area contributed by atoms with Gasteiger partial charge in [-0.2, -0.15) is 11.8 Å². The number of benzene rings is 1. The SMILES string of the molecule is COc1cccc(CNC(=O)N2CCCSCC2)c1OC. The summed E-state index contributed by atoms with van der Waals surface area (Å²) in [6.45, 7) is 2.07. The van der Waals surface area contributed by atoms with Gasteiger partial charge in [0, 0.05) is 31.0 Å². The van der Waals surface area contributed by atoms with E-state index >= 15 is 0 Å². The summed E-state index contributed by atoms with van der Waals surface area (Å²) in [4.78, 5) is 14.1. The Balaban J connectivity index is 1.97. The Labute approximate surface area is 130 Å². The smallest absolute Gasteiger partial charge is 0.317 e. The number of nitrogens with zero attached hydrogens (tertiary/aromatic N) is 1. The van der Waals surface area contributed by atoms with Crippen LogP contribution >= 0.6 is 11.8 Å². The molecule has 1 aromatic rings. The highest BCUT2D eigenvalue weighted by Gasteiger charge is 2.16. The number of rotatable bonds is 4. The normalized spacial score (nSPS) is 15.2. The van der Waals surface area contributed by atoms with Crippen molar-refractivity contribution in [3.8, 4) is 11.5 Å². The zero-order valence-corrected chi connectivity index (χ0v) is 13.4. The van der Waals surface area contributed by atoms with E-state index in [1.54, 1.807) is 14.2 Å². The topological polar surface area (TPSA) is 50.8 Å². The van der Waals surface area contributed by atoms with Gasteiger partial charge in [-0.1, -0.05) is 12.1 Å². The van der Waals surface area contributed by atoms with Crippen molar-refractivity contribution >= 4 is 17.8 Å². The van der Waals surface area contributed by atoms with Crippen molar-refractivity contribution in [2.75, 3.05) is 38.8 Å². The summed E-state index contributed by atoms with van der Waals surface area (Å²) < 4.78 is 10.6. The molecule has 1 aromatic carbocycles. The van der Waals surface area contributed by atoms with Gasteiger partial charge in [-0.3, -0.25) is 0 Å². The fourth-order valence-corrected chi connectivity index (χ4v) is 3.21. The summed E-state index contributed by atoms with van der Waals surface area (Å²) in [7, 11) is 3.21. The first-order valence-corrected chi connectivity index (χ1v) is 8.22. The molecule has 0 radical (unpaired) electrons. The molecule has 0 spiro atoms. The highest BCUT2D eigenvalue weighted by atomic mass is 32.2. The van der Waals surface area contributed by atoms with E-state index in [1.807, 2.05) is 34.9 Å². The number of amides is 2. The van der Waals surface area contributed by atoms with Gasteiger partial charge in [0.25, 0.3) is 0 Å². The third kappa shape index (κ3) is 4.20. The first kappa shape index (κ1) is 15.8. The van der Waals surface area contributed by atoms with E-state index in [4.69, 9.17) is 9.47 Å². The number of hydrogen-bond donors (Lipinski definition) is 1. The van der Waals surface area contributed by atoms with Crippen LogP contribution in [-0.2, 0) is 6.54 Å². The lowest BCUT2D eigenvalue weighted by atomic mass is 10.2. The lowest BCUT2D eigenvalue weighted by molar-refractivity contribution is 0.201. The second kappa shape index (κ2) is 8.02. The van der Waals surface area contributed by atoms with Crippen LogP contribution in [0, 0.1) is 0 Å². The predicted molar refractivity (Wildman–Crippen MR) is 85.3 cm³/mol. The van der Waals surface area contributed by atoms with Gasteiger partial charge in [0.05, 0.1) is 14.2 Å². The molecule has 0 bridgehead atoms. The molecule has 0 saturated carbocycles. The lowest BCUT2D eigenvalue weighted by Crippen LogP contribution is -2.40. The van der Waals surface area contributed by atoms with Gasteiger partial charge in [0.15, 0.2) is 11.5 Å². The van der Waals surface area contributed by atoms with Crippen molar-refractivity contribution in [2.24, 2.45) is 0 Å². The molecule has 21 heavy (non-hydrogen) atoms. The molecule has 1 saturated heterocycles. The Morgan fingerprint density at radius 3 is 2.90 bits per heavy atom. The molecule has 116 valence electrons. The minimum atomic E-state index is -0.0117. The highest BCUT2D eigenvalue weighted by molar-refractivity contribution is 7.99. The van der Waals surface area contributed by atoms with Gasteiger partial charge in [0.2, 0.25) is 0 Å². The molecule has 1 N–H and O–H groups in total. The zero-order chi connectivity index (χ0) is 15.1. The summed E-state index contributed by atoms with van der Waals surface area (Å²) >= 11 is 1.90. The van der Waals surface area contributed by atoms with E-state index in [-0.39, 0.29) is 6.03 Å².